The monoisotopic (exact) mass is 253 g/mol. The van der Waals surface area contributed by atoms with Gasteiger partial charge in [0.05, 0.1) is 0 Å². The molecule has 106 valence electrons. The fourth-order valence-electron chi connectivity index (χ4n) is 3.74. The smallest absolute Gasteiger partial charge is 0.0113 e. The largest absolute Gasteiger partial charge is 0.314 e. The molecule has 2 rings (SSSR count). The molecular weight excluding hydrogens is 222 g/mol. The molecule has 2 atom stereocenters. The number of nitrogens with one attached hydrogen (secondary N) is 1. The van der Waals surface area contributed by atoms with Gasteiger partial charge in [0.15, 0.2) is 0 Å². The van der Waals surface area contributed by atoms with Gasteiger partial charge in [0, 0.05) is 18.1 Å². The van der Waals surface area contributed by atoms with Crippen molar-refractivity contribution in [3.8, 4) is 0 Å². The molecule has 3 nitrogen and oxygen atoms in total. The highest BCUT2D eigenvalue weighted by Crippen LogP contribution is 2.26. The summed E-state index contributed by atoms with van der Waals surface area (Å²) in [6.07, 6.45) is 8.31. The van der Waals surface area contributed by atoms with E-state index in [0.29, 0.717) is 0 Å². The predicted molar refractivity (Wildman–Crippen MR) is 78.0 cm³/mol. The molecule has 1 saturated heterocycles. The summed E-state index contributed by atoms with van der Waals surface area (Å²) in [5.41, 5.74) is 0. The number of likely N-dealkylation sites (tertiary alicyclic amines) is 1. The van der Waals surface area contributed by atoms with Gasteiger partial charge in [-0.2, -0.15) is 0 Å². The van der Waals surface area contributed by atoms with Crippen LogP contribution in [0.1, 0.15) is 45.4 Å². The highest BCUT2D eigenvalue weighted by molar-refractivity contribution is 4.87. The van der Waals surface area contributed by atoms with Crippen molar-refractivity contribution < 1.29 is 0 Å². The van der Waals surface area contributed by atoms with Crippen LogP contribution in [0.5, 0.6) is 0 Å². The van der Waals surface area contributed by atoms with Crippen LogP contribution in [-0.4, -0.2) is 61.7 Å². The maximum absolute atomic E-state index is 3.65. The predicted octanol–water partition coefficient (Wildman–Crippen LogP) is 1.93. The van der Waals surface area contributed by atoms with Gasteiger partial charge in [-0.1, -0.05) is 13.3 Å². The third-order valence-corrected chi connectivity index (χ3v) is 4.89. The highest BCUT2D eigenvalue weighted by atomic mass is 15.2. The first kappa shape index (κ1) is 14.3. The van der Waals surface area contributed by atoms with Gasteiger partial charge >= 0.3 is 0 Å². The van der Waals surface area contributed by atoms with Crippen LogP contribution in [-0.2, 0) is 0 Å². The van der Waals surface area contributed by atoms with E-state index in [4.69, 9.17) is 0 Å². The Bertz CT molecular complexity index is 232. The highest BCUT2D eigenvalue weighted by Gasteiger charge is 2.29. The van der Waals surface area contributed by atoms with E-state index in [0.717, 1.165) is 24.7 Å². The molecule has 3 heteroatoms. The molecule has 0 amide bonds. The SMILES string of the molecule is CCN[C@H]1CCC[C@H](N2CCC(N(C)C)CC2)C1. The summed E-state index contributed by atoms with van der Waals surface area (Å²) < 4.78 is 0. The molecule has 2 aliphatic rings. The van der Waals surface area contributed by atoms with E-state index in [1.807, 2.05) is 0 Å². The van der Waals surface area contributed by atoms with Crippen molar-refractivity contribution >= 4 is 0 Å². The number of piperidine rings is 1. The van der Waals surface area contributed by atoms with Gasteiger partial charge in [0.1, 0.15) is 0 Å². The van der Waals surface area contributed by atoms with E-state index in [9.17, 15) is 0 Å². The third-order valence-electron chi connectivity index (χ3n) is 4.89. The molecule has 0 radical (unpaired) electrons. The summed E-state index contributed by atoms with van der Waals surface area (Å²) in [7, 11) is 4.45. The summed E-state index contributed by atoms with van der Waals surface area (Å²) in [4.78, 5) is 5.17. The average Bonchev–Trinajstić information content (AvgIpc) is 2.39. The standard InChI is InChI=1S/C15H31N3/c1-4-16-13-6-5-7-15(12-13)18-10-8-14(9-11-18)17(2)3/h13-16H,4-12H2,1-3H3/t13-,15-/m0/s1. The van der Waals surface area contributed by atoms with Crippen LogP contribution in [0.2, 0.25) is 0 Å². The molecule has 0 aromatic heterocycles. The van der Waals surface area contributed by atoms with Crippen molar-refractivity contribution in [1.82, 2.24) is 15.1 Å². The van der Waals surface area contributed by atoms with Crippen molar-refractivity contribution in [2.75, 3.05) is 33.7 Å². The number of rotatable bonds is 4. The van der Waals surface area contributed by atoms with Crippen LogP contribution in [0.15, 0.2) is 0 Å². The van der Waals surface area contributed by atoms with Crippen LogP contribution in [0.4, 0.5) is 0 Å². The first-order chi connectivity index (χ1) is 8.70. The van der Waals surface area contributed by atoms with Crippen molar-refractivity contribution in [2.24, 2.45) is 0 Å². The van der Waals surface area contributed by atoms with E-state index in [1.165, 1.54) is 51.6 Å². The van der Waals surface area contributed by atoms with Crippen LogP contribution in [0.3, 0.4) is 0 Å². The van der Waals surface area contributed by atoms with Gasteiger partial charge in [-0.05, 0) is 65.8 Å². The molecule has 1 aliphatic carbocycles. The second-order valence-electron chi connectivity index (χ2n) is 6.31. The quantitative estimate of drug-likeness (QED) is 0.826. The lowest BCUT2D eigenvalue weighted by Crippen LogP contribution is -2.49. The molecule has 1 aliphatic heterocycles. The van der Waals surface area contributed by atoms with Crippen molar-refractivity contribution in [3.05, 3.63) is 0 Å². The van der Waals surface area contributed by atoms with Crippen LogP contribution in [0, 0.1) is 0 Å². The zero-order valence-corrected chi connectivity index (χ0v) is 12.5. The van der Waals surface area contributed by atoms with Crippen LogP contribution < -0.4 is 5.32 Å². The Morgan fingerprint density at radius 3 is 2.44 bits per heavy atom. The molecule has 1 N–H and O–H groups in total. The Kier molecular flexibility index (Phi) is 5.46. The molecule has 1 heterocycles. The zero-order chi connectivity index (χ0) is 13.0. The molecule has 0 aromatic rings. The molecule has 0 aromatic carbocycles. The lowest BCUT2D eigenvalue weighted by molar-refractivity contribution is 0.0820. The van der Waals surface area contributed by atoms with Gasteiger partial charge in [-0.3, -0.25) is 0 Å². The second-order valence-corrected chi connectivity index (χ2v) is 6.31. The van der Waals surface area contributed by atoms with Gasteiger partial charge < -0.3 is 15.1 Å². The molecule has 18 heavy (non-hydrogen) atoms. The summed E-state index contributed by atoms with van der Waals surface area (Å²) >= 11 is 0. The maximum Gasteiger partial charge on any atom is 0.0113 e. The topological polar surface area (TPSA) is 18.5 Å². The van der Waals surface area contributed by atoms with E-state index in [2.05, 4.69) is 36.1 Å². The number of hydrogen-bond acceptors (Lipinski definition) is 3. The lowest BCUT2D eigenvalue weighted by atomic mass is 9.88. The van der Waals surface area contributed by atoms with Gasteiger partial charge in [0.2, 0.25) is 0 Å². The lowest BCUT2D eigenvalue weighted by Gasteiger charge is -2.42. The third kappa shape index (κ3) is 3.69. The molecule has 2 fully saturated rings. The van der Waals surface area contributed by atoms with E-state index >= 15 is 0 Å². The summed E-state index contributed by atoms with van der Waals surface area (Å²) in [5.74, 6) is 0. The molecule has 0 unspecified atom stereocenters. The van der Waals surface area contributed by atoms with Crippen molar-refractivity contribution in [2.45, 2.75) is 63.6 Å². The first-order valence-electron chi connectivity index (χ1n) is 7.84. The fourth-order valence-corrected chi connectivity index (χ4v) is 3.74. The van der Waals surface area contributed by atoms with Crippen molar-refractivity contribution in [1.29, 1.82) is 0 Å². The van der Waals surface area contributed by atoms with Gasteiger partial charge in [0.25, 0.3) is 0 Å². The first-order valence-corrected chi connectivity index (χ1v) is 7.84. The summed E-state index contributed by atoms with van der Waals surface area (Å²) in [6, 6.07) is 2.45. The average molecular weight is 253 g/mol. The summed E-state index contributed by atoms with van der Waals surface area (Å²) in [5, 5.41) is 3.65. The Morgan fingerprint density at radius 1 is 1.11 bits per heavy atom. The minimum Gasteiger partial charge on any atom is -0.314 e. The Hall–Kier alpha value is -0.120. The summed E-state index contributed by atoms with van der Waals surface area (Å²) in [6.45, 7) is 5.98. The molecular formula is C15H31N3. The second kappa shape index (κ2) is 6.88. The van der Waals surface area contributed by atoms with E-state index in [-0.39, 0.29) is 0 Å². The molecule has 0 spiro atoms. The van der Waals surface area contributed by atoms with E-state index in [1.54, 1.807) is 0 Å². The number of hydrogen-bond donors (Lipinski definition) is 1. The minimum absolute atomic E-state index is 0.778. The van der Waals surface area contributed by atoms with Gasteiger partial charge in [-0.25, -0.2) is 0 Å². The van der Waals surface area contributed by atoms with E-state index < -0.39 is 0 Å². The Labute approximate surface area is 113 Å². The van der Waals surface area contributed by atoms with Gasteiger partial charge in [-0.15, -0.1) is 0 Å². The van der Waals surface area contributed by atoms with Crippen LogP contribution in [0.25, 0.3) is 0 Å². The number of nitrogens with zero attached hydrogens (tertiary/aromatic N) is 2. The van der Waals surface area contributed by atoms with Crippen LogP contribution >= 0.6 is 0 Å². The minimum atomic E-state index is 0.778. The maximum atomic E-state index is 3.65. The van der Waals surface area contributed by atoms with Crippen molar-refractivity contribution in [3.63, 3.8) is 0 Å². The Balaban J connectivity index is 1.78. The zero-order valence-electron chi connectivity index (χ0n) is 12.5. The normalized spacial score (nSPS) is 32.0. The molecule has 0 bridgehead atoms. The fraction of sp³-hybridized carbons (Fsp3) is 1.00. The Morgan fingerprint density at radius 2 is 1.83 bits per heavy atom. The molecule has 1 saturated carbocycles.